The monoisotopic (exact) mass is 365 g/mol. The second kappa shape index (κ2) is 9.07. The van der Waals surface area contributed by atoms with E-state index < -0.39 is 6.10 Å². The number of hydrogen-bond acceptors (Lipinski definition) is 2. The molecular weight excluding hydrogens is 334 g/mol. The fourth-order valence-electron chi connectivity index (χ4n) is 3.83. The molecule has 3 heteroatoms. The predicted molar refractivity (Wildman–Crippen MR) is 110 cm³/mol. The Hall–Kier alpha value is -2.29. The average Bonchev–Trinajstić information content (AvgIpc) is 2.69. The molecule has 3 nitrogen and oxygen atoms in total. The van der Waals surface area contributed by atoms with Crippen molar-refractivity contribution < 1.29 is 9.53 Å². The van der Waals surface area contributed by atoms with Gasteiger partial charge in [-0.15, -0.1) is 0 Å². The smallest absolute Gasteiger partial charge is 0.261 e. The first-order chi connectivity index (χ1) is 13.1. The van der Waals surface area contributed by atoms with Gasteiger partial charge in [0.25, 0.3) is 5.91 Å². The zero-order chi connectivity index (χ0) is 19.2. The molecule has 0 saturated heterocycles. The Morgan fingerprint density at radius 1 is 1.04 bits per heavy atom. The summed E-state index contributed by atoms with van der Waals surface area (Å²) in [7, 11) is 0. The van der Waals surface area contributed by atoms with Gasteiger partial charge in [0, 0.05) is 0 Å². The predicted octanol–water partition coefficient (Wildman–Crippen LogP) is 5.30. The molecule has 1 N–H and O–H groups in total. The zero-order valence-corrected chi connectivity index (χ0v) is 16.8. The first-order valence-electron chi connectivity index (χ1n) is 10.3. The van der Waals surface area contributed by atoms with Crippen molar-refractivity contribution >= 4 is 5.91 Å². The third kappa shape index (κ3) is 4.91. The summed E-state index contributed by atoms with van der Waals surface area (Å²) in [4.78, 5) is 12.9. The number of rotatable bonds is 7. The largest absolute Gasteiger partial charge is 0.481 e. The van der Waals surface area contributed by atoms with Crippen molar-refractivity contribution in [3.8, 4) is 5.75 Å². The van der Waals surface area contributed by atoms with E-state index in [9.17, 15) is 4.79 Å². The van der Waals surface area contributed by atoms with Gasteiger partial charge in [-0.1, -0.05) is 44.2 Å². The highest BCUT2D eigenvalue weighted by atomic mass is 16.5. The highest BCUT2D eigenvalue weighted by Crippen LogP contribution is 2.26. The summed E-state index contributed by atoms with van der Waals surface area (Å²) in [5, 5.41) is 3.21. The van der Waals surface area contributed by atoms with Crippen molar-refractivity contribution in [2.75, 3.05) is 0 Å². The average molecular weight is 366 g/mol. The Kier molecular flexibility index (Phi) is 6.54. The van der Waals surface area contributed by atoms with Crippen LogP contribution in [-0.4, -0.2) is 12.0 Å². The molecule has 0 aliphatic heterocycles. The van der Waals surface area contributed by atoms with Crippen LogP contribution in [0.25, 0.3) is 0 Å². The molecular formula is C24H31NO2. The fourth-order valence-corrected chi connectivity index (χ4v) is 3.83. The van der Waals surface area contributed by atoms with E-state index in [-0.39, 0.29) is 11.9 Å². The minimum absolute atomic E-state index is 0.0277. The molecule has 0 unspecified atom stereocenters. The normalized spacial score (nSPS) is 15.5. The van der Waals surface area contributed by atoms with Gasteiger partial charge in [-0.05, 0) is 79.8 Å². The molecule has 2 aromatic rings. The number of amides is 1. The van der Waals surface area contributed by atoms with E-state index in [0.29, 0.717) is 6.42 Å². The molecule has 0 spiro atoms. The molecule has 1 aliphatic carbocycles. The lowest BCUT2D eigenvalue weighted by Gasteiger charge is -2.24. The maximum Gasteiger partial charge on any atom is 0.261 e. The number of fused-ring (bicyclic) bond motifs is 1. The standard InChI is InChI=1S/C24H31NO2/c1-4-22(20-14-13-18-10-6-7-11-19(18)16-20)25-24(26)23(5-2)27-21-12-8-9-17(3)15-21/h8-9,12-16,22-23H,4-7,10-11H2,1-3H3,(H,25,26)/t22-,23-/m1/s1. The summed E-state index contributed by atoms with van der Waals surface area (Å²) < 4.78 is 5.97. The summed E-state index contributed by atoms with van der Waals surface area (Å²) >= 11 is 0. The number of carbonyl (C=O) groups is 1. The van der Waals surface area contributed by atoms with Crippen molar-refractivity contribution in [2.24, 2.45) is 0 Å². The highest BCUT2D eigenvalue weighted by molar-refractivity contribution is 5.81. The number of aryl methyl sites for hydroxylation is 3. The Morgan fingerprint density at radius 2 is 1.81 bits per heavy atom. The van der Waals surface area contributed by atoms with Crippen molar-refractivity contribution in [2.45, 2.75) is 71.4 Å². The van der Waals surface area contributed by atoms with E-state index in [1.54, 1.807) is 0 Å². The molecule has 0 saturated carbocycles. The summed E-state index contributed by atoms with van der Waals surface area (Å²) in [5.41, 5.74) is 5.26. The van der Waals surface area contributed by atoms with Crippen LogP contribution in [0, 0.1) is 6.92 Å². The van der Waals surface area contributed by atoms with E-state index >= 15 is 0 Å². The van der Waals surface area contributed by atoms with E-state index in [4.69, 9.17) is 4.74 Å². The van der Waals surface area contributed by atoms with Gasteiger partial charge in [0.15, 0.2) is 6.10 Å². The van der Waals surface area contributed by atoms with Crippen molar-refractivity contribution in [1.29, 1.82) is 0 Å². The summed E-state index contributed by atoms with van der Waals surface area (Å²) in [5.74, 6) is 0.711. The van der Waals surface area contributed by atoms with Crippen LogP contribution in [0.4, 0.5) is 0 Å². The van der Waals surface area contributed by atoms with E-state index in [0.717, 1.165) is 24.2 Å². The third-order valence-corrected chi connectivity index (χ3v) is 5.43. The number of ether oxygens (including phenoxy) is 1. The van der Waals surface area contributed by atoms with Gasteiger partial charge in [0.1, 0.15) is 5.75 Å². The van der Waals surface area contributed by atoms with E-state index in [1.165, 1.54) is 36.0 Å². The molecule has 3 rings (SSSR count). The summed E-state index contributed by atoms with van der Waals surface area (Å²) in [6, 6.07) is 14.6. The summed E-state index contributed by atoms with van der Waals surface area (Å²) in [6.07, 6.45) is 5.92. The molecule has 0 heterocycles. The SMILES string of the molecule is CC[C@@H](Oc1cccc(C)c1)C(=O)N[C@H](CC)c1ccc2c(c1)CCCC2. The minimum atomic E-state index is -0.474. The van der Waals surface area contributed by atoms with E-state index in [2.05, 4.69) is 30.4 Å². The molecule has 0 radical (unpaired) electrons. The van der Waals surface area contributed by atoms with Crippen LogP contribution in [0.2, 0.25) is 0 Å². The van der Waals surface area contributed by atoms with Crippen LogP contribution >= 0.6 is 0 Å². The van der Waals surface area contributed by atoms with Crippen molar-refractivity contribution in [1.82, 2.24) is 5.32 Å². The number of hydrogen-bond donors (Lipinski definition) is 1. The van der Waals surface area contributed by atoms with Crippen molar-refractivity contribution in [3.05, 3.63) is 64.7 Å². The Bertz CT molecular complexity index is 784. The second-order valence-electron chi connectivity index (χ2n) is 7.54. The maximum absolute atomic E-state index is 12.9. The lowest BCUT2D eigenvalue weighted by atomic mass is 9.88. The fraction of sp³-hybridized carbons (Fsp3) is 0.458. The number of nitrogens with one attached hydrogen (secondary N) is 1. The third-order valence-electron chi connectivity index (χ3n) is 5.43. The van der Waals surface area contributed by atoms with Crippen LogP contribution in [0.3, 0.4) is 0 Å². The van der Waals surface area contributed by atoms with Gasteiger partial charge in [-0.2, -0.15) is 0 Å². The first-order valence-corrected chi connectivity index (χ1v) is 10.3. The molecule has 0 bridgehead atoms. The highest BCUT2D eigenvalue weighted by Gasteiger charge is 2.22. The first kappa shape index (κ1) is 19.5. The molecule has 2 aromatic carbocycles. The van der Waals surface area contributed by atoms with Crippen LogP contribution in [0.15, 0.2) is 42.5 Å². The Labute approximate surface area is 163 Å². The van der Waals surface area contributed by atoms with Gasteiger partial charge in [0.2, 0.25) is 0 Å². The van der Waals surface area contributed by atoms with E-state index in [1.807, 2.05) is 38.1 Å². The van der Waals surface area contributed by atoms with Gasteiger partial charge >= 0.3 is 0 Å². The van der Waals surface area contributed by atoms with Gasteiger partial charge in [-0.3, -0.25) is 4.79 Å². The topological polar surface area (TPSA) is 38.3 Å². The molecule has 144 valence electrons. The zero-order valence-electron chi connectivity index (χ0n) is 16.8. The molecule has 27 heavy (non-hydrogen) atoms. The lowest BCUT2D eigenvalue weighted by Crippen LogP contribution is -2.40. The number of benzene rings is 2. The minimum Gasteiger partial charge on any atom is -0.481 e. The number of carbonyl (C=O) groups excluding carboxylic acids is 1. The Balaban J connectivity index is 1.69. The quantitative estimate of drug-likeness (QED) is 0.723. The van der Waals surface area contributed by atoms with Gasteiger partial charge in [0.05, 0.1) is 6.04 Å². The lowest BCUT2D eigenvalue weighted by molar-refractivity contribution is -0.128. The molecule has 0 fully saturated rings. The molecule has 0 aromatic heterocycles. The Morgan fingerprint density at radius 3 is 2.52 bits per heavy atom. The van der Waals surface area contributed by atoms with Crippen LogP contribution in [0.5, 0.6) is 5.75 Å². The van der Waals surface area contributed by atoms with Gasteiger partial charge in [-0.25, -0.2) is 0 Å². The summed E-state index contributed by atoms with van der Waals surface area (Å²) in [6.45, 7) is 6.13. The second-order valence-corrected chi connectivity index (χ2v) is 7.54. The van der Waals surface area contributed by atoms with Crippen LogP contribution < -0.4 is 10.1 Å². The molecule has 1 amide bonds. The van der Waals surface area contributed by atoms with Gasteiger partial charge < -0.3 is 10.1 Å². The molecule has 1 aliphatic rings. The molecule has 2 atom stereocenters. The maximum atomic E-state index is 12.9. The van der Waals surface area contributed by atoms with Crippen molar-refractivity contribution in [3.63, 3.8) is 0 Å². The van der Waals surface area contributed by atoms with Crippen LogP contribution in [0.1, 0.15) is 67.8 Å². The van der Waals surface area contributed by atoms with Crippen LogP contribution in [-0.2, 0) is 17.6 Å².